The molecular weight excluding hydrogens is 532 g/mol. The predicted molar refractivity (Wildman–Crippen MR) is 157 cm³/mol. The fraction of sp³-hybridized carbons (Fsp3) is 0.250. The van der Waals surface area contributed by atoms with Gasteiger partial charge in [0.05, 0.1) is 36.8 Å². The van der Waals surface area contributed by atoms with Gasteiger partial charge in [-0.15, -0.1) is 0 Å². The maximum absolute atomic E-state index is 12.1. The highest BCUT2D eigenvalue weighted by Crippen LogP contribution is 2.45. The second kappa shape index (κ2) is 10.3. The van der Waals surface area contributed by atoms with Gasteiger partial charge in [0.25, 0.3) is 0 Å². The van der Waals surface area contributed by atoms with E-state index in [1.54, 1.807) is 18.3 Å². The summed E-state index contributed by atoms with van der Waals surface area (Å²) in [5.74, 6) is 1.25. The van der Waals surface area contributed by atoms with Gasteiger partial charge in [0, 0.05) is 29.5 Å². The summed E-state index contributed by atoms with van der Waals surface area (Å²) in [5, 5.41) is 3.97. The van der Waals surface area contributed by atoms with Gasteiger partial charge in [0.1, 0.15) is 11.6 Å². The number of thiocarbonyl (C=S) groups is 1. The van der Waals surface area contributed by atoms with Crippen LogP contribution in [0.3, 0.4) is 0 Å². The molecule has 5 rings (SSSR count). The molecule has 0 unspecified atom stereocenters. The van der Waals surface area contributed by atoms with E-state index in [2.05, 4.69) is 50.6 Å². The van der Waals surface area contributed by atoms with E-state index >= 15 is 0 Å². The summed E-state index contributed by atoms with van der Waals surface area (Å²) in [4.78, 5) is 11.3. The lowest BCUT2D eigenvalue weighted by Gasteiger charge is -2.29. The molecule has 1 saturated heterocycles. The van der Waals surface area contributed by atoms with Crippen molar-refractivity contribution in [3.8, 4) is 11.6 Å². The van der Waals surface area contributed by atoms with Gasteiger partial charge in [0.2, 0.25) is 10.0 Å². The first-order valence-corrected chi connectivity index (χ1v) is 14.7. The number of hydrogen-bond acceptors (Lipinski definition) is 6. The summed E-state index contributed by atoms with van der Waals surface area (Å²) in [7, 11) is -2.04. The smallest absolute Gasteiger partial charge is 0.229 e. The van der Waals surface area contributed by atoms with Crippen LogP contribution >= 0.6 is 12.2 Å². The summed E-state index contributed by atoms with van der Waals surface area (Å²) in [6.07, 6.45) is 4.68. The quantitative estimate of drug-likeness (QED) is 0.311. The molecule has 9 nitrogen and oxygen atoms in total. The monoisotopic (exact) mass is 562 g/mol. The third-order valence-electron chi connectivity index (χ3n) is 6.77. The van der Waals surface area contributed by atoms with Crippen molar-refractivity contribution in [2.24, 2.45) is 0 Å². The molecule has 4 heterocycles. The highest BCUT2D eigenvalue weighted by Gasteiger charge is 2.42. The fourth-order valence-electron chi connectivity index (χ4n) is 5.16. The molecule has 1 aromatic carbocycles. The minimum absolute atomic E-state index is 0.258. The van der Waals surface area contributed by atoms with E-state index in [9.17, 15) is 8.42 Å². The Balaban J connectivity index is 1.69. The van der Waals surface area contributed by atoms with Crippen molar-refractivity contribution in [3.05, 3.63) is 95.2 Å². The number of hydrogen-bond donors (Lipinski definition) is 2. The highest BCUT2D eigenvalue weighted by molar-refractivity contribution is 7.92. The lowest BCUT2D eigenvalue weighted by molar-refractivity contribution is 0.417. The molecule has 0 saturated carbocycles. The van der Waals surface area contributed by atoms with Crippen molar-refractivity contribution in [2.75, 3.05) is 23.0 Å². The minimum atomic E-state index is -3.54. The van der Waals surface area contributed by atoms with Crippen molar-refractivity contribution < 1.29 is 13.2 Å². The molecule has 202 valence electrons. The molecule has 0 aliphatic carbocycles. The standard InChI is InChI=1S/C28H30N6O3S2/c1-17-11-13-30-25(14-17)33-18(2)15-21(19(33)3)27-26(22-8-6-7-12-29-22)31-28(38)34(27)20-9-10-24(37-4)23(16-20)32-39(5,35)36/h6-16,26-27,32H,1-5H3,(H,31,38)/t26-,27-/m1/s1. The van der Waals surface area contributed by atoms with Crippen LogP contribution in [0, 0.1) is 20.8 Å². The number of nitrogens with zero attached hydrogens (tertiary/aromatic N) is 4. The van der Waals surface area contributed by atoms with Crippen molar-refractivity contribution in [2.45, 2.75) is 32.9 Å². The molecule has 2 atom stereocenters. The number of ether oxygens (including phenoxy) is 1. The van der Waals surface area contributed by atoms with E-state index in [1.807, 2.05) is 48.4 Å². The Kier molecular flexibility index (Phi) is 7.04. The van der Waals surface area contributed by atoms with Gasteiger partial charge >= 0.3 is 0 Å². The number of anilines is 2. The molecule has 39 heavy (non-hydrogen) atoms. The van der Waals surface area contributed by atoms with Crippen LogP contribution < -0.4 is 19.7 Å². The molecular formula is C28H30N6O3S2. The number of rotatable bonds is 7. The lowest BCUT2D eigenvalue weighted by atomic mass is 9.96. The number of methoxy groups -OCH3 is 1. The van der Waals surface area contributed by atoms with Crippen LogP contribution in [-0.4, -0.2) is 41.4 Å². The number of sulfonamides is 1. The van der Waals surface area contributed by atoms with E-state index in [4.69, 9.17) is 17.0 Å². The summed E-state index contributed by atoms with van der Waals surface area (Å²) in [5.41, 5.74) is 6.11. The van der Waals surface area contributed by atoms with E-state index in [0.717, 1.165) is 40.3 Å². The molecule has 11 heteroatoms. The molecule has 0 radical (unpaired) electrons. The van der Waals surface area contributed by atoms with Gasteiger partial charge < -0.3 is 19.5 Å². The third-order valence-corrected chi connectivity index (χ3v) is 7.68. The predicted octanol–water partition coefficient (Wildman–Crippen LogP) is 4.75. The second-order valence-electron chi connectivity index (χ2n) is 9.61. The van der Waals surface area contributed by atoms with Gasteiger partial charge in [0.15, 0.2) is 5.11 Å². The maximum atomic E-state index is 12.1. The van der Waals surface area contributed by atoms with Crippen LogP contribution in [0.5, 0.6) is 5.75 Å². The molecule has 1 aliphatic rings. The average Bonchev–Trinajstić information content (AvgIpc) is 3.38. The molecule has 1 fully saturated rings. The largest absolute Gasteiger partial charge is 0.495 e. The van der Waals surface area contributed by atoms with Crippen LogP contribution in [0.1, 0.15) is 40.3 Å². The SMILES string of the molecule is COc1ccc(N2C(=S)N[C@H](c3ccccn3)[C@H]2c2cc(C)n(-c3cc(C)ccn3)c2C)cc1NS(C)(=O)=O. The van der Waals surface area contributed by atoms with Gasteiger partial charge in [-0.2, -0.15) is 0 Å². The summed E-state index contributed by atoms with van der Waals surface area (Å²) >= 11 is 5.88. The topological polar surface area (TPSA) is 101 Å². The molecule has 0 amide bonds. The Morgan fingerprint density at radius 2 is 1.82 bits per heavy atom. The van der Waals surface area contributed by atoms with Crippen molar-refractivity contribution in [1.82, 2.24) is 19.9 Å². The summed E-state index contributed by atoms with van der Waals surface area (Å²) < 4.78 is 34.3. The minimum Gasteiger partial charge on any atom is -0.495 e. The zero-order valence-corrected chi connectivity index (χ0v) is 24.0. The fourth-order valence-corrected chi connectivity index (χ4v) is 6.06. The first-order valence-electron chi connectivity index (χ1n) is 12.4. The van der Waals surface area contributed by atoms with Crippen LogP contribution in [0.4, 0.5) is 11.4 Å². The Hall–Kier alpha value is -3.96. The number of nitrogens with one attached hydrogen (secondary N) is 2. The number of benzene rings is 1. The van der Waals surface area contributed by atoms with Crippen molar-refractivity contribution >= 4 is 38.7 Å². The molecule has 4 aromatic rings. The molecule has 0 spiro atoms. The summed E-state index contributed by atoms with van der Waals surface area (Å²) in [6.45, 7) is 6.18. The van der Waals surface area contributed by atoms with Crippen molar-refractivity contribution in [3.63, 3.8) is 0 Å². The Labute approximate surface area is 233 Å². The van der Waals surface area contributed by atoms with E-state index in [0.29, 0.717) is 22.2 Å². The zero-order chi connectivity index (χ0) is 27.9. The van der Waals surface area contributed by atoms with Gasteiger partial charge in [-0.3, -0.25) is 9.71 Å². The van der Waals surface area contributed by atoms with Gasteiger partial charge in [-0.25, -0.2) is 13.4 Å². The van der Waals surface area contributed by atoms with E-state index in [-0.39, 0.29) is 12.1 Å². The molecule has 2 N–H and O–H groups in total. The van der Waals surface area contributed by atoms with Crippen LogP contribution in [0.25, 0.3) is 5.82 Å². The van der Waals surface area contributed by atoms with Crippen molar-refractivity contribution in [1.29, 1.82) is 0 Å². The van der Waals surface area contributed by atoms with Crippen LogP contribution in [0.15, 0.2) is 67.0 Å². The van der Waals surface area contributed by atoms with Crippen LogP contribution in [0.2, 0.25) is 0 Å². The van der Waals surface area contributed by atoms with Gasteiger partial charge in [-0.05, 0) is 92.6 Å². The highest BCUT2D eigenvalue weighted by atomic mass is 32.2. The first-order chi connectivity index (χ1) is 18.6. The second-order valence-corrected chi connectivity index (χ2v) is 11.7. The van der Waals surface area contributed by atoms with E-state index < -0.39 is 10.0 Å². The lowest BCUT2D eigenvalue weighted by Crippen LogP contribution is -2.29. The maximum Gasteiger partial charge on any atom is 0.229 e. The zero-order valence-electron chi connectivity index (χ0n) is 22.3. The Morgan fingerprint density at radius 1 is 1.03 bits per heavy atom. The normalized spacial score (nSPS) is 17.3. The molecule has 3 aromatic heterocycles. The third kappa shape index (κ3) is 5.19. The Bertz CT molecular complexity index is 1650. The number of pyridine rings is 2. The van der Waals surface area contributed by atoms with E-state index in [1.165, 1.54) is 7.11 Å². The molecule has 0 bridgehead atoms. The summed E-state index contributed by atoms with van der Waals surface area (Å²) in [6, 6.07) is 16.8. The first kappa shape index (κ1) is 26.6. The average molecular weight is 563 g/mol. The Morgan fingerprint density at radius 3 is 2.49 bits per heavy atom. The number of aromatic nitrogens is 3. The number of aryl methyl sites for hydroxylation is 2. The molecule has 1 aliphatic heterocycles. The van der Waals surface area contributed by atoms with Gasteiger partial charge in [-0.1, -0.05) is 6.07 Å². The van der Waals surface area contributed by atoms with Crippen LogP contribution in [-0.2, 0) is 10.0 Å².